The highest BCUT2D eigenvalue weighted by molar-refractivity contribution is 5.80. The van der Waals surface area contributed by atoms with E-state index in [0.29, 0.717) is 86.0 Å². The first-order chi connectivity index (χ1) is 65.8. The van der Waals surface area contributed by atoms with Gasteiger partial charge in [-0.3, -0.25) is 76.7 Å². The maximum atomic E-state index is 14.7. The number of hydrogen-bond donors (Lipinski definition) is 6. The van der Waals surface area contributed by atoms with Crippen LogP contribution in [0.4, 0.5) is 0 Å². The molecule has 40 heteroatoms. The molecule has 7 amide bonds. The number of ketones is 1. The number of carbonyl (C=O) groups is 16. The van der Waals surface area contributed by atoms with Gasteiger partial charge >= 0.3 is 47.8 Å². The van der Waals surface area contributed by atoms with Crippen molar-refractivity contribution in [3.05, 3.63) is 95.6 Å². The summed E-state index contributed by atoms with van der Waals surface area (Å²) in [4.78, 5) is 208. The number of unbranched alkanes of at least 4 members (excludes halogenated alkanes) is 5. The first kappa shape index (κ1) is 115. The molecule has 6 rings (SSSR count). The molecule has 3 aromatic rings. The number of aliphatic carboxylic acids is 1. The van der Waals surface area contributed by atoms with Crippen LogP contribution >= 0.6 is 0 Å². The topological polar surface area (TPSA) is 508 Å². The van der Waals surface area contributed by atoms with Gasteiger partial charge in [0.2, 0.25) is 41.4 Å². The van der Waals surface area contributed by atoms with E-state index in [1.54, 1.807) is 69.1 Å². The molecule has 3 aliphatic rings. The predicted molar refractivity (Wildman–Crippen MR) is 493 cm³/mol. The Morgan fingerprint density at radius 3 is 1.14 bits per heavy atom. The van der Waals surface area contributed by atoms with E-state index >= 15 is 0 Å². The Labute approximate surface area is 806 Å². The molecule has 0 spiro atoms. The number of carboxylic acids is 1. The van der Waals surface area contributed by atoms with E-state index in [-0.39, 0.29) is 173 Å². The molecule has 6 N–H and O–H groups in total. The minimum Gasteiger partial charge on any atom is -0.497 e. The number of carbonyl (C=O) groups excluding carboxylic acids is 15. The summed E-state index contributed by atoms with van der Waals surface area (Å²) in [7, 11) is 3.08. The number of nitrogens with one attached hydrogen (secondary N) is 5. The summed E-state index contributed by atoms with van der Waals surface area (Å²) in [5.41, 5.74) is 0.637. The van der Waals surface area contributed by atoms with E-state index in [0.717, 1.165) is 0 Å². The second-order valence-corrected chi connectivity index (χ2v) is 34.6. The molecule has 0 aromatic heterocycles. The van der Waals surface area contributed by atoms with Crippen molar-refractivity contribution in [1.29, 1.82) is 0 Å². The number of benzene rings is 3. The Morgan fingerprint density at radius 2 is 0.754 bits per heavy atom. The van der Waals surface area contributed by atoms with Crippen LogP contribution in [0.2, 0.25) is 0 Å². The zero-order valence-corrected chi connectivity index (χ0v) is 82.0. The third kappa shape index (κ3) is 40.6. The molecule has 7 unspecified atom stereocenters. The molecule has 768 valence electrons. The molecule has 3 aromatic carbocycles. The maximum absolute atomic E-state index is 14.7. The van der Waals surface area contributed by atoms with E-state index in [4.69, 9.17) is 75.8 Å². The van der Waals surface area contributed by atoms with E-state index in [1.165, 1.54) is 62.3 Å². The van der Waals surface area contributed by atoms with E-state index in [1.807, 2.05) is 54.6 Å². The molecule has 0 saturated carbocycles. The molecule has 3 saturated heterocycles. The Kier molecular flexibility index (Phi) is 51.2. The van der Waals surface area contributed by atoms with Crippen molar-refractivity contribution in [2.45, 2.75) is 297 Å². The van der Waals surface area contributed by atoms with Gasteiger partial charge in [0.1, 0.15) is 85.4 Å². The zero-order valence-electron chi connectivity index (χ0n) is 82.0. The van der Waals surface area contributed by atoms with Crippen LogP contribution in [0.25, 0.3) is 0 Å². The average molecular weight is 1950 g/mol. The lowest BCUT2D eigenvalue weighted by molar-refractivity contribution is -0.262. The molecule has 3 fully saturated rings. The lowest BCUT2D eigenvalue weighted by Crippen LogP contribution is -2.62. The van der Waals surface area contributed by atoms with Crippen molar-refractivity contribution < 1.29 is 158 Å². The van der Waals surface area contributed by atoms with Crippen LogP contribution in [0.15, 0.2) is 78.9 Å². The van der Waals surface area contributed by atoms with Crippen LogP contribution in [0.5, 0.6) is 11.5 Å². The molecule has 138 heavy (non-hydrogen) atoms. The lowest BCUT2D eigenvalue weighted by atomic mass is 9.80. The summed E-state index contributed by atoms with van der Waals surface area (Å²) >= 11 is 0. The quantitative estimate of drug-likeness (QED) is 0.0139. The molecule has 16 atom stereocenters. The molecular weight excluding hydrogens is 1800 g/mol. The molecule has 3 heterocycles. The summed E-state index contributed by atoms with van der Waals surface area (Å²) in [5.74, 6) is -8.72. The fourth-order valence-corrected chi connectivity index (χ4v) is 16.6. The van der Waals surface area contributed by atoms with Crippen LogP contribution in [-0.2, 0) is 149 Å². The van der Waals surface area contributed by atoms with Crippen molar-refractivity contribution in [3.8, 4) is 11.5 Å². The van der Waals surface area contributed by atoms with Gasteiger partial charge in [0, 0.05) is 171 Å². The highest BCUT2D eigenvalue weighted by Gasteiger charge is 2.51. The summed E-state index contributed by atoms with van der Waals surface area (Å²) in [6.45, 7) is 16.2. The first-order valence-electron chi connectivity index (χ1n) is 47.4. The summed E-state index contributed by atoms with van der Waals surface area (Å²) in [6.07, 6.45) is -6.46. The first-order valence-corrected chi connectivity index (χ1v) is 47.4. The molecule has 0 bridgehead atoms. The number of amides is 7. The standard InChI is InChI=1S/C98H143N7O33/c1-61-89(101-64(4)106)95(136-80(58-128-67(7)109)92(61)132-70(10)112)125-53-25-21-33-76(115)32-20-24-49-104(86(119)37-23-27-55-127-97-91(103-66(6)108)63(3)94(134-72(12)114)82(138-97)60-130-69(9)111)51-29-52-105(50-28-48-99-83(116)35-22-26-54-126-96-90(102-65(5)107)62(2)93(133-71(11)113)81(137-96)59-129-68(8)110)85(118)36-19-18-34-84(117)100-56-79(135-88(122)47-46-87(120)121)57-131-98(73-30-16-15-17-31-73,74-38-42-77(123-13)43-39-74)75-40-44-78(124-14)45-41-75/h15-17,30-31,38-45,61-63,79-82,89-97H,18-29,32-37,46-60H2,1-14H3,(H,99,116)(H,100,117)(H,101,106)(H,102,107)(H,103,108)(H,120,121)/t61-,62-,63-,79?,80?,81?,82?,89?,90?,91?,92-,93-,94-,95-,96-,97-/m1/s1. The van der Waals surface area contributed by atoms with Gasteiger partial charge in [-0.05, 0) is 118 Å². The van der Waals surface area contributed by atoms with Crippen LogP contribution < -0.4 is 36.1 Å². The van der Waals surface area contributed by atoms with E-state index in [9.17, 15) is 81.8 Å². The normalized spacial score (nSPS) is 21.3. The fourth-order valence-electron chi connectivity index (χ4n) is 16.6. The highest BCUT2D eigenvalue weighted by atomic mass is 16.7. The van der Waals surface area contributed by atoms with E-state index in [2.05, 4.69) is 26.6 Å². The van der Waals surface area contributed by atoms with Gasteiger partial charge in [-0.1, -0.05) is 75.4 Å². The van der Waals surface area contributed by atoms with Gasteiger partial charge in [-0.15, -0.1) is 0 Å². The van der Waals surface area contributed by atoms with E-state index < -0.39 is 181 Å². The minimum absolute atomic E-state index is 0.0263. The van der Waals surface area contributed by atoms with Crippen molar-refractivity contribution in [2.24, 2.45) is 17.8 Å². The number of hydrogen-bond acceptors (Lipinski definition) is 32. The number of carboxylic acid groups (broad SMARTS) is 1. The van der Waals surface area contributed by atoms with Gasteiger partial charge in [0.15, 0.2) is 18.9 Å². The largest absolute Gasteiger partial charge is 0.497 e. The third-order valence-electron chi connectivity index (χ3n) is 23.5. The maximum Gasteiger partial charge on any atom is 0.306 e. The van der Waals surface area contributed by atoms with Crippen molar-refractivity contribution >= 4 is 94.9 Å². The summed E-state index contributed by atoms with van der Waals surface area (Å²) in [5, 5.41) is 23.8. The molecule has 40 nitrogen and oxygen atoms in total. The molecule has 0 radical (unpaired) electrons. The summed E-state index contributed by atoms with van der Waals surface area (Å²) in [6, 6.07) is 21.5. The Balaban J connectivity index is 1.17. The average Bonchev–Trinajstić information content (AvgIpc) is 0.747. The van der Waals surface area contributed by atoms with Gasteiger partial charge in [-0.2, -0.15) is 0 Å². The van der Waals surface area contributed by atoms with Gasteiger partial charge < -0.3 is 117 Å². The van der Waals surface area contributed by atoms with Gasteiger partial charge in [0.25, 0.3) is 0 Å². The molecular formula is C98H143N7O33. The Hall–Kier alpha value is -11.3. The number of Topliss-reactive ketones (excluding diaryl/α,β-unsaturated/α-hetero) is 1. The van der Waals surface area contributed by atoms with Crippen LogP contribution in [0.3, 0.4) is 0 Å². The number of methoxy groups -OCH3 is 2. The third-order valence-corrected chi connectivity index (χ3v) is 23.5. The monoisotopic (exact) mass is 1950 g/mol. The smallest absolute Gasteiger partial charge is 0.306 e. The summed E-state index contributed by atoms with van der Waals surface area (Å²) < 4.78 is 93.5. The van der Waals surface area contributed by atoms with Crippen molar-refractivity contribution in [3.63, 3.8) is 0 Å². The van der Waals surface area contributed by atoms with Gasteiger partial charge in [-0.25, -0.2) is 0 Å². The zero-order chi connectivity index (χ0) is 101. The lowest BCUT2D eigenvalue weighted by Gasteiger charge is -2.44. The number of nitrogens with zero attached hydrogens (tertiary/aromatic N) is 2. The second-order valence-electron chi connectivity index (χ2n) is 34.6. The number of ether oxygens (including phenoxy) is 16. The van der Waals surface area contributed by atoms with Crippen molar-refractivity contribution in [1.82, 2.24) is 36.4 Å². The van der Waals surface area contributed by atoms with Crippen LogP contribution in [0, 0.1) is 17.8 Å². The SMILES string of the molecule is COc1ccc(C(OCC(CNC(=O)CCCCC(=O)N(CCCNC(=O)CCCCO[C@@H]2OC(COC(C)=O)[C@H](OC(C)=O)[C@H](C)C2NC(C)=O)CCCN(CCCCC(=O)CCCCO[C@@H]2OC(COC(C)=O)[C@H](OC(C)=O)[C@H](C)C2NC(C)=O)C(=O)CCCCO[C@@H]2OC(COC(C)=O)[C@H](OC(C)=O)[C@H](C)C2NC(C)=O)OC(=O)CCC(=O)O)(c2ccccc2)c2ccc(OC)cc2)cc1. The van der Waals surface area contributed by atoms with Gasteiger partial charge in [0.05, 0.1) is 58.3 Å². The Morgan fingerprint density at radius 1 is 0.399 bits per heavy atom. The molecule has 0 aliphatic carbocycles. The number of rotatable bonds is 62. The number of esters is 7. The fraction of sp³-hybridized carbons (Fsp3) is 0.653. The van der Waals surface area contributed by atoms with Crippen LogP contribution in [0.1, 0.15) is 228 Å². The highest BCUT2D eigenvalue weighted by Crippen LogP contribution is 2.43. The minimum atomic E-state index is -1.38. The molecule has 3 aliphatic heterocycles. The van der Waals surface area contributed by atoms with Crippen LogP contribution in [-0.4, -0.2) is 289 Å². The second kappa shape index (κ2) is 61.2. The Bertz CT molecular complexity index is 4340. The van der Waals surface area contributed by atoms with Crippen molar-refractivity contribution in [2.75, 3.05) is 99.7 Å². The predicted octanol–water partition coefficient (Wildman–Crippen LogP) is 7.40.